The summed E-state index contributed by atoms with van der Waals surface area (Å²) in [6.45, 7) is 3.48. The number of nitriles is 1. The third kappa shape index (κ3) is 2.47. The summed E-state index contributed by atoms with van der Waals surface area (Å²) in [4.78, 5) is 11.6. The lowest BCUT2D eigenvalue weighted by atomic mass is 10.1. The zero-order valence-corrected chi connectivity index (χ0v) is 8.65. The summed E-state index contributed by atoms with van der Waals surface area (Å²) in [6.07, 6.45) is -0.233. The van der Waals surface area contributed by atoms with Gasteiger partial charge in [0.2, 0.25) is 0 Å². The Morgan fingerprint density at radius 3 is 2.73 bits per heavy atom. The predicted molar refractivity (Wildman–Crippen MR) is 56.1 cm³/mol. The van der Waals surface area contributed by atoms with Crippen LogP contribution < -0.4 is 5.73 Å². The second-order valence-electron chi connectivity index (χ2n) is 3.34. The van der Waals surface area contributed by atoms with Crippen LogP contribution in [-0.2, 0) is 4.74 Å². The molecule has 15 heavy (non-hydrogen) atoms. The highest BCUT2D eigenvalue weighted by molar-refractivity contribution is 5.97. The Morgan fingerprint density at radius 2 is 2.20 bits per heavy atom. The van der Waals surface area contributed by atoms with E-state index in [9.17, 15) is 4.79 Å². The molecule has 4 heteroatoms. The molecule has 1 aromatic rings. The number of ether oxygens (including phenoxy) is 1. The number of nitrogens with two attached hydrogens (primary N) is 1. The van der Waals surface area contributed by atoms with Crippen LogP contribution >= 0.6 is 0 Å². The molecule has 0 fully saturated rings. The molecule has 0 aliphatic carbocycles. The standard InChI is InChI=1S/C11H12N2O2/c1-7(2)15-11(14)10-8(6-12)4-3-5-9(10)13/h3-5,7H,13H2,1-2H3. The fourth-order valence-corrected chi connectivity index (χ4v) is 1.16. The van der Waals surface area contributed by atoms with E-state index < -0.39 is 5.97 Å². The van der Waals surface area contributed by atoms with Gasteiger partial charge >= 0.3 is 5.97 Å². The van der Waals surface area contributed by atoms with E-state index in [1.165, 1.54) is 6.07 Å². The monoisotopic (exact) mass is 204 g/mol. The Morgan fingerprint density at radius 1 is 1.53 bits per heavy atom. The molecule has 0 aromatic heterocycles. The first kappa shape index (κ1) is 11.1. The molecule has 0 saturated carbocycles. The van der Waals surface area contributed by atoms with Gasteiger partial charge in [0, 0.05) is 5.69 Å². The summed E-state index contributed by atoms with van der Waals surface area (Å²) in [5.41, 5.74) is 6.27. The van der Waals surface area contributed by atoms with Gasteiger partial charge < -0.3 is 10.5 Å². The van der Waals surface area contributed by atoms with Crippen LogP contribution in [0.1, 0.15) is 29.8 Å². The fourth-order valence-electron chi connectivity index (χ4n) is 1.16. The third-order valence-electron chi connectivity index (χ3n) is 1.76. The topological polar surface area (TPSA) is 76.1 Å². The summed E-state index contributed by atoms with van der Waals surface area (Å²) >= 11 is 0. The maximum Gasteiger partial charge on any atom is 0.341 e. The molecule has 0 amide bonds. The van der Waals surface area contributed by atoms with Crippen LogP contribution in [0.5, 0.6) is 0 Å². The molecule has 2 N–H and O–H groups in total. The minimum Gasteiger partial charge on any atom is -0.459 e. The lowest BCUT2D eigenvalue weighted by Gasteiger charge is -2.10. The van der Waals surface area contributed by atoms with Crippen LogP contribution in [0.25, 0.3) is 0 Å². The highest BCUT2D eigenvalue weighted by Crippen LogP contribution is 2.18. The van der Waals surface area contributed by atoms with Crippen LogP contribution in [0, 0.1) is 11.3 Å². The normalized spacial score (nSPS) is 9.73. The van der Waals surface area contributed by atoms with Crippen molar-refractivity contribution in [3.63, 3.8) is 0 Å². The van der Waals surface area contributed by atoms with Crippen molar-refractivity contribution in [2.24, 2.45) is 0 Å². The SMILES string of the molecule is CC(C)OC(=O)c1c(N)cccc1C#N. The average molecular weight is 204 g/mol. The number of carbonyl (C=O) groups excluding carboxylic acids is 1. The first-order valence-corrected chi connectivity index (χ1v) is 4.55. The first-order valence-electron chi connectivity index (χ1n) is 4.55. The molecular weight excluding hydrogens is 192 g/mol. The number of carbonyl (C=O) groups is 1. The number of hydrogen-bond donors (Lipinski definition) is 1. The number of rotatable bonds is 2. The van der Waals surface area contributed by atoms with Gasteiger partial charge in [-0.05, 0) is 26.0 Å². The zero-order valence-electron chi connectivity index (χ0n) is 8.65. The van der Waals surface area contributed by atoms with Crippen LogP contribution in [0.4, 0.5) is 5.69 Å². The van der Waals surface area contributed by atoms with E-state index in [0.29, 0.717) is 0 Å². The van der Waals surface area contributed by atoms with Crippen LogP contribution in [0.15, 0.2) is 18.2 Å². The molecule has 4 nitrogen and oxygen atoms in total. The van der Waals surface area contributed by atoms with Crippen molar-refractivity contribution < 1.29 is 9.53 Å². The number of hydrogen-bond acceptors (Lipinski definition) is 4. The Hall–Kier alpha value is -2.02. The minimum absolute atomic E-state index is 0.147. The van der Waals surface area contributed by atoms with E-state index in [-0.39, 0.29) is 22.9 Å². The van der Waals surface area contributed by atoms with Crippen LogP contribution in [0.2, 0.25) is 0 Å². The quantitative estimate of drug-likeness (QED) is 0.587. The van der Waals surface area contributed by atoms with E-state index in [2.05, 4.69) is 0 Å². The largest absolute Gasteiger partial charge is 0.459 e. The van der Waals surface area contributed by atoms with Gasteiger partial charge in [-0.2, -0.15) is 5.26 Å². The summed E-state index contributed by atoms with van der Waals surface area (Å²) in [5.74, 6) is -0.556. The summed E-state index contributed by atoms with van der Waals surface area (Å²) < 4.78 is 4.99. The van der Waals surface area contributed by atoms with E-state index in [1.807, 2.05) is 6.07 Å². The second-order valence-corrected chi connectivity index (χ2v) is 3.34. The van der Waals surface area contributed by atoms with Crippen molar-refractivity contribution in [2.75, 3.05) is 5.73 Å². The molecule has 1 aromatic carbocycles. The highest BCUT2D eigenvalue weighted by atomic mass is 16.5. The number of esters is 1. The zero-order chi connectivity index (χ0) is 11.4. The second kappa shape index (κ2) is 4.47. The van der Waals surface area contributed by atoms with Crippen molar-refractivity contribution in [1.82, 2.24) is 0 Å². The smallest absolute Gasteiger partial charge is 0.341 e. The molecule has 0 radical (unpaired) electrons. The molecule has 0 atom stereocenters. The van der Waals surface area contributed by atoms with E-state index >= 15 is 0 Å². The van der Waals surface area contributed by atoms with Gasteiger partial charge in [-0.1, -0.05) is 6.07 Å². The van der Waals surface area contributed by atoms with Crippen molar-refractivity contribution in [1.29, 1.82) is 5.26 Å². The van der Waals surface area contributed by atoms with Gasteiger partial charge in [0.15, 0.2) is 0 Å². The fraction of sp³-hybridized carbons (Fsp3) is 0.273. The Kier molecular flexibility index (Phi) is 3.29. The van der Waals surface area contributed by atoms with Gasteiger partial charge in [0.25, 0.3) is 0 Å². The van der Waals surface area contributed by atoms with E-state index in [4.69, 9.17) is 15.7 Å². The van der Waals surface area contributed by atoms with Gasteiger partial charge in [-0.25, -0.2) is 4.79 Å². The van der Waals surface area contributed by atoms with Crippen molar-refractivity contribution in [3.05, 3.63) is 29.3 Å². The van der Waals surface area contributed by atoms with Crippen LogP contribution in [0.3, 0.4) is 0 Å². The third-order valence-corrected chi connectivity index (χ3v) is 1.76. The predicted octanol–water partition coefficient (Wildman–Crippen LogP) is 1.71. The molecular formula is C11H12N2O2. The summed E-state index contributed by atoms with van der Waals surface area (Å²) in [7, 11) is 0. The van der Waals surface area contributed by atoms with Crippen molar-refractivity contribution in [2.45, 2.75) is 20.0 Å². The highest BCUT2D eigenvalue weighted by Gasteiger charge is 2.17. The Labute approximate surface area is 88.3 Å². The van der Waals surface area contributed by atoms with Crippen molar-refractivity contribution >= 4 is 11.7 Å². The number of benzene rings is 1. The molecule has 0 aliphatic heterocycles. The van der Waals surface area contributed by atoms with Crippen molar-refractivity contribution in [3.8, 4) is 6.07 Å². The van der Waals surface area contributed by atoms with Gasteiger partial charge in [-0.15, -0.1) is 0 Å². The molecule has 0 heterocycles. The maximum absolute atomic E-state index is 11.6. The average Bonchev–Trinajstić information content (AvgIpc) is 2.15. The van der Waals surface area contributed by atoms with Gasteiger partial charge in [0.05, 0.1) is 11.7 Å². The van der Waals surface area contributed by atoms with Crippen LogP contribution in [-0.4, -0.2) is 12.1 Å². The molecule has 0 aliphatic rings. The number of anilines is 1. The Bertz CT molecular complexity index is 419. The first-order chi connectivity index (χ1) is 7.06. The molecule has 0 spiro atoms. The molecule has 0 saturated heterocycles. The minimum atomic E-state index is -0.556. The van der Waals surface area contributed by atoms with Gasteiger partial charge in [0.1, 0.15) is 11.6 Å². The molecule has 0 bridgehead atoms. The maximum atomic E-state index is 11.6. The summed E-state index contributed by atoms with van der Waals surface area (Å²) in [6, 6.07) is 6.64. The van der Waals surface area contributed by atoms with E-state index in [0.717, 1.165) is 0 Å². The number of nitrogen functional groups attached to an aromatic ring is 1. The Balaban J connectivity index is 3.13. The lowest BCUT2D eigenvalue weighted by molar-refractivity contribution is 0.0379. The molecule has 1 rings (SSSR count). The molecule has 0 unspecified atom stereocenters. The number of nitrogens with zero attached hydrogens (tertiary/aromatic N) is 1. The van der Waals surface area contributed by atoms with Gasteiger partial charge in [-0.3, -0.25) is 0 Å². The molecule has 78 valence electrons. The summed E-state index contributed by atoms with van der Waals surface area (Å²) in [5, 5.41) is 8.81. The lowest BCUT2D eigenvalue weighted by Crippen LogP contribution is -2.14. The van der Waals surface area contributed by atoms with E-state index in [1.54, 1.807) is 26.0 Å².